The molecule has 0 radical (unpaired) electrons. The first-order chi connectivity index (χ1) is 16.0. The Hall–Kier alpha value is -3.32. The summed E-state index contributed by atoms with van der Waals surface area (Å²) in [5.41, 5.74) is 2.27. The van der Waals surface area contributed by atoms with E-state index in [1.165, 1.54) is 16.9 Å². The molecule has 0 saturated carbocycles. The van der Waals surface area contributed by atoms with E-state index in [0.29, 0.717) is 27.7 Å². The van der Waals surface area contributed by atoms with Crippen molar-refractivity contribution in [3.8, 4) is 11.4 Å². The highest BCUT2D eigenvalue weighted by Crippen LogP contribution is 2.34. The lowest BCUT2D eigenvalue weighted by Gasteiger charge is -2.24. The van der Waals surface area contributed by atoms with E-state index in [9.17, 15) is 9.59 Å². The zero-order valence-electron chi connectivity index (χ0n) is 18.8. The van der Waals surface area contributed by atoms with Crippen LogP contribution in [-0.4, -0.2) is 32.9 Å². The van der Waals surface area contributed by atoms with Gasteiger partial charge in [0.15, 0.2) is 21.3 Å². The van der Waals surface area contributed by atoms with Crippen molar-refractivity contribution in [2.45, 2.75) is 38.1 Å². The second kappa shape index (κ2) is 8.90. The number of aromatic nitrogens is 3. The molecule has 0 unspecified atom stereocenters. The lowest BCUT2D eigenvalue weighted by Crippen LogP contribution is -2.36. The molecule has 0 spiro atoms. The number of fused-ring (bicyclic) bond motifs is 1. The molecule has 1 saturated heterocycles. The summed E-state index contributed by atoms with van der Waals surface area (Å²) in [7, 11) is 1.73. The van der Waals surface area contributed by atoms with Gasteiger partial charge in [-0.2, -0.15) is 0 Å². The highest BCUT2D eigenvalue weighted by Gasteiger charge is 2.33. The van der Waals surface area contributed by atoms with Crippen molar-refractivity contribution in [3.05, 3.63) is 76.6 Å². The predicted octanol–water partition coefficient (Wildman–Crippen LogP) is 4.79. The van der Waals surface area contributed by atoms with Crippen molar-refractivity contribution in [1.29, 1.82) is 0 Å². The van der Waals surface area contributed by atoms with Gasteiger partial charge in [0, 0.05) is 25.6 Å². The number of hydrogen-bond donors (Lipinski definition) is 0. The van der Waals surface area contributed by atoms with Gasteiger partial charge in [0.2, 0.25) is 0 Å². The maximum atomic E-state index is 13.2. The Kier molecular flexibility index (Phi) is 5.81. The third-order valence-corrected chi connectivity index (χ3v) is 7.39. The summed E-state index contributed by atoms with van der Waals surface area (Å²) in [5, 5.41) is 0.711. The fraction of sp³-hybridized carbons (Fsp3) is 0.308. The Morgan fingerprint density at radius 3 is 2.52 bits per heavy atom. The van der Waals surface area contributed by atoms with Crippen LogP contribution in [0.4, 0.5) is 5.13 Å². The molecule has 0 N–H and O–H groups in total. The van der Waals surface area contributed by atoms with Crippen molar-refractivity contribution in [1.82, 2.24) is 14.5 Å². The lowest BCUT2D eigenvalue weighted by atomic mass is 9.93. The van der Waals surface area contributed by atoms with E-state index >= 15 is 0 Å². The minimum absolute atomic E-state index is 0.166. The van der Waals surface area contributed by atoms with Crippen molar-refractivity contribution in [2.24, 2.45) is 7.05 Å². The number of anilines is 1. The zero-order valence-corrected chi connectivity index (χ0v) is 19.6. The summed E-state index contributed by atoms with van der Waals surface area (Å²) in [6, 6.07) is 19.6. The lowest BCUT2D eigenvalue weighted by molar-refractivity contribution is -0.120. The summed E-state index contributed by atoms with van der Waals surface area (Å²) in [6.07, 6.45) is 2.25. The molecule has 1 fully saturated rings. The third-order valence-electron chi connectivity index (χ3n) is 6.41. The number of carbonyl (C=O) groups excluding carboxylic acids is 1. The van der Waals surface area contributed by atoms with E-state index in [1.807, 2.05) is 48.5 Å². The smallest absolute Gasteiger partial charge is 0.281 e. The van der Waals surface area contributed by atoms with Gasteiger partial charge in [-0.3, -0.25) is 14.2 Å². The van der Waals surface area contributed by atoms with Crippen LogP contribution in [-0.2, 0) is 11.8 Å². The molecule has 6 nitrogen and oxygen atoms in total. The van der Waals surface area contributed by atoms with Crippen LogP contribution in [0, 0.1) is 0 Å². The fourth-order valence-corrected chi connectivity index (χ4v) is 5.59. The first kappa shape index (κ1) is 21.5. The van der Waals surface area contributed by atoms with E-state index in [2.05, 4.69) is 28.9 Å². The van der Waals surface area contributed by atoms with Gasteiger partial charge in [-0.05, 0) is 24.3 Å². The average molecular weight is 459 g/mol. The minimum atomic E-state index is -0.200. The summed E-state index contributed by atoms with van der Waals surface area (Å²) >= 11 is 1.40. The number of carbonyl (C=O) groups is 1. The Morgan fingerprint density at radius 2 is 1.79 bits per heavy atom. The summed E-state index contributed by atoms with van der Waals surface area (Å²) in [5.74, 6) is 1.02. The van der Waals surface area contributed by atoms with Gasteiger partial charge >= 0.3 is 0 Å². The number of ketones is 1. The van der Waals surface area contributed by atoms with Gasteiger partial charge in [-0.1, -0.05) is 78.9 Å². The molecule has 5 rings (SSSR count). The molecule has 2 aromatic heterocycles. The van der Waals surface area contributed by atoms with Gasteiger partial charge in [0.25, 0.3) is 5.56 Å². The molecule has 168 valence electrons. The number of hydrogen-bond acceptors (Lipinski definition) is 6. The number of rotatable bonds is 6. The monoisotopic (exact) mass is 458 g/mol. The predicted molar refractivity (Wildman–Crippen MR) is 133 cm³/mol. The largest absolute Gasteiger partial charge is 0.338 e. The summed E-state index contributed by atoms with van der Waals surface area (Å²) in [4.78, 5) is 38.4. The molecule has 2 aromatic carbocycles. The fourth-order valence-electron chi connectivity index (χ4n) is 4.58. The standard InChI is InChI=1S/C26H26N4O2S/c1-17(18-10-5-3-6-11-18)16-21(31)20-14-9-15-30(20)26-27-22-24(33-26)28-23(29(2)25(22)32)19-12-7-4-8-13-19/h3-8,10-13,17,20H,9,14-16H2,1-2H3/t17-,20+/m0/s1. The number of thiazole rings is 1. The molecule has 4 aromatic rings. The Balaban J connectivity index is 1.44. The van der Waals surface area contributed by atoms with Crippen LogP contribution in [0.3, 0.4) is 0 Å². The van der Waals surface area contributed by atoms with E-state index in [0.717, 1.165) is 24.9 Å². The second-order valence-corrected chi connectivity index (χ2v) is 9.61. The van der Waals surface area contributed by atoms with E-state index in [-0.39, 0.29) is 23.3 Å². The highest BCUT2D eigenvalue weighted by molar-refractivity contribution is 7.21. The van der Waals surface area contributed by atoms with Gasteiger partial charge in [0.1, 0.15) is 5.82 Å². The first-order valence-corrected chi connectivity index (χ1v) is 12.1. The zero-order chi connectivity index (χ0) is 22.9. The Labute approximate surface area is 196 Å². The van der Waals surface area contributed by atoms with Gasteiger partial charge < -0.3 is 4.90 Å². The molecular formula is C26H26N4O2S. The quantitative estimate of drug-likeness (QED) is 0.416. The van der Waals surface area contributed by atoms with Crippen LogP contribution >= 0.6 is 11.3 Å². The SMILES string of the molecule is C[C@@H](CC(=O)[C@H]1CCCN1c1nc2c(=O)n(C)c(-c3ccccc3)nc2s1)c1ccccc1. The number of nitrogens with zero attached hydrogens (tertiary/aromatic N) is 4. The van der Waals surface area contributed by atoms with Crippen LogP contribution in [0.25, 0.3) is 21.7 Å². The minimum Gasteiger partial charge on any atom is -0.338 e. The van der Waals surface area contributed by atoms with Crippen molar-refractivity contribution >= 4 is 32.6 Å². The van der Waals surface area contributed by atoms with Crippen LogP contribution in [0.1, 0.15) is 37.7 Å². The summed E-state index contributed by atoms with van der Waals surface area (Å²) < 4.78 is 1.55. The van der Waals surface area contributed by atoms with Crippen LogP contribution in [0.15, 0.2) is 65.5 Å². The molecule has 1 aliphatic heterocycles. The normalized spacial score (nSPS) is 16.9. The van der Waals surface area contributed by atoms with Gasteiger partial charge in [0.05, 0.1) is 6.04 Å². The number of Topliss-reactive ketones (excluding diaryl/α,β-unsaturated/α-hetero) is 1. The Morgan fingerprint density at radius 1 is 1.09 bits per heavy atom. The van der Waals surface area contributed by atoms with Crippen LogP contribution in [0.2, 0.25) is 0 Å². The Bertz CT molecular complexity index is 1350. The van der Waals surface area contributed by atoms with E-state index in [4.69, 9.17) is 4.98 Å². The third kappa shape index (κ3) is 4.09. The van der Waals surface area contributed by atoms with Gasteiger partial charge in [-0.15, -0.1) is 0 Å². The van der Waals surface area contributed by atoms with Gasteiger partial charge in [-0.25, -0.2) is 9.97 Å². The summed E-state index contributed by atoms with van der Waals surface area (Å²) in [6.45, 7) is 2.87. The molecule has 1 aliphatic rings. The van der Waals surface area contributed by atoms with E-state index in [1.54, 1.807) is 11.6 Å². The number of benzene rings is 2. The van der Waals surface area contributed by atoms with Crippen molar-refractivity contribution < 1.29 is 4.79 Å². The van der Waals surface area contributed by atoms with Crippen LogP contribution < -0.4 is 10.5 Å². The van der Waals surface area contributed by atoms with Crippen LogP contribution in [0.5, 0.6) is 0 Å². The molecule has 3 heterocycles. The van der Waals surface area contributed by atoms with Crippen molar-refractivity contribution in [2.75, 3.05) is 11.4 Å². The molecule has 7 heteroatoms. The van der Waals surface area contributed by atoms with Crippen molar-refractivity contribution in [3.63, 3.8) is 0 Å². The van der Waals surface area contributed by atoms with E-state index < -0.39 is 0 Å². The molecule has 0 aliphatic carbocycles. The second-order valence-electron chi connectivity index (χ2n) is 8.65. The maximum absolute atomic E-state index is 13.2. The highest BCUT2D eigenvalue weighted by atomic mass is 32.1. The topological polar surface area (TPSA) is 68.1 Å². The molecule has 33 heavy (non-hydrogen) atoms. The maximum Gasteiger partial charge on any atom is 0.281 e. The first-order valence-electron chi connectivity index (χ1n) is 11.3. The molecular weight excluding hydrogens is 432 g/mol. The molecule has 2 atom stereocenters. The molecule has 0 amide bonds. The molecule has 0 bridgehead atoms. The average Bonchev–Trinajstić information content (AvgIpc) is 3.50.